The van der Waals surface area contributed by atoms with Gasteiger partial charge in [0.25, 0.3) is 10.0 Å². The Morgan fingerprint density at radius 3 is 2.21 bits per heavy atom. The molecule has 0 radical (unpaired) electrons. The van der Waals surface area contributed by atoms with Gasteiger partial charge in [0.1, 0.15) is 11.6 Å². The fraction of sp³-hybridized carbons (Fsp3) is 0.368. The van der Waals surface area contributed by atoms with Gasteiger partial charge in [-0.05, 0) is 55.8 Å². The lowest BCUT2D eigenvalue weighted by Crippen LogP contribution is -2.30. The Hall–Kier alpha value is -2.17. The number of benzene rings is 2. The summed E-state index contributed by atoms with van der Waals surface area (Å²) in [6, 6.07) is 7.33. The molecule has 0 aliphatic rings. The van der Waals surface area contributed by atoms with Gasteiger partial charge in [-0.1, -0.05) is 13.8 Å². The van der Waals surface area contributed by atoms with Gasteiger partial charge in [-0.3, -0.25) is 4.72 Å². The lowest BCUT2D eigenvalue weighted by atomic mass is 10.2. The van der Waals surface area contributed by atoms with E-state index in [0.717, 1.165) is 18.2 Å². The van der Waals surface area contributed by atoms with E-state index in [1.807, 2.05) is 0 Å². The molecule has 2 aromatic carbocycles. The Balaban J connectivity index is 2.55. The number of anilines is 1. The minimum absolute atomic E-state index is 0.0104. The zero-order chi connectivity index (χ0) is 21.8. The molecule has 0 heterocycles. The lowest BCUT2D eigenvalue weighted by Gasteiger charge is -2.20. The molecule has 2 rings (SSSR count). The van der Waals surface area contributed by atoms with Crippen molar-refractivity contribution in [3.63, 3.8) is 0 Å². The highest BCUT2D eigenvalue weighted by Gasteiger charge is 2.25. The van der Waals surface area contributed by atoms with Crippen molar-refractivity contribution in [3.8, 4) is 5.75 Å². The third kappa shape index (κ3) is 5.06. The monoisotopic (exact) mass is 444 g/mol. The zero-order valence-electron chi connectivity index (χ0n) is 16.8. The number of hydrogen-bond donors (Lipinski definition) is 1. The van der Waals surface area contributed by atoms with E-state index in [4.69, 9.17) is 4.74 Å². The largest absolute Gasteiger partial charge is 0.492 e. The molecule has 0 amide bonds. The van der Waals surface area contributed by atoms with Crippen molar-refractivity contribution in [1.29, 1.82) is 0 Å². The molecular formula is C19H25FN2O5S2. The van der Waals surface area contributed by atoms with Gasteiger partial charge < -0.3 is 4.74 Å². The number of nitrogens with one attached hydrogen (secondary N) is 1. The Morgan fingerprint density at radius 1 is 1.00 bits per heavy atom. The first-order chi connectivity index (χ1) is 13.6. The van der Waals surface area contributed by atoms with Crippen molar-refractivity contribution < 1.29 is 26.0 Å². The SMILES string of the molecule is CCOc1ccc(S(=O)(=O)N(CC)CC)cc1NS(=O)(=O)c1ccc(F)cc1C. The van der Waals surface area contributed by atoms with Crippen LogP contribution in [0.2, 0.25) is 0 Å². The van der Waals surface area contributed by atoms with Gasteiger partial charge >= 0.3 is 0 Å². The molecule has 0 spiro atoms. The van der Waals surface area contributed by atoms with Crippen LogP contribution in [0.3, 0.4) is 0 Å². The maximum Gasteiger partial charge on any atom is 0.262 e. The van der Waals surface area contributed by atoms with Gasteiger partial charge in [0.05, 0.1) is 22.1 Å². The van der Waals surface area contributed by atoms with E-state index in [9.17, 15) is 21.2 Å². The van der Waals surface area contributed by atoms with Crippen LogP contribution < -0.4 is 9.46 Å². The zero-order valence-corrected chi connectivity index (χ0v) is 18.4. The Kier molecular flexibility index (Phi) is 7.25. The molecule has 7 nitrogen and oxygen atoms in total. The van der Waals surface area contributed by atoms with Gasteiger partial charge in [-0.25, -0.2) is 21.2 Å². The highest BCUT2D eigenvalue weighted by molar-refractivity contribution is 7.92. The molecular weight excluding hydrogens is 419 g/mol. The van der Waals surface area contributed by atoms with Crippen molar-refractivity contribution in [1.82, 2.24) is 4.31 Å². The van der Waals surface area contributed by atoms with Crippen LogP contribution in [0.25, 0.3) is 0 Å². The molecule has 0 bridgehead atoms. The average molecular weight is 445 g/mol. The minimum Gasteiger partial charge on any atom is -0.492 e. The van der Waals surface area contributed by atoms with Crippen molar-refractivity contribution in [2.24, 2.45) is 0 Å². The number of hydrogen-bond acceptors (Lipinski definition) is 5. The highest BCUT2D eigenvalue weighted by atomic mass is 32.2. The minimum atomic E-state index is -4.10. The van der Waals surface area contributed by atoms with Crippen molar-refractivity contribution in [2.45, 2.75) is 37.5 Å². The normalized spacial score (nSPS) is 12.2. The summed E-state index contributed by atoms with van der Waals surface area (Å²) in [4.78, 5) is -0.170. The predicted molar refractivity (Wildman–Crippen MR) is 110 cm³/mol. The van der Waals surface area contributed by atoms with E-state index in [1.54, 1.807) is 20.8 Å². The second-order valence-corrected chi connectivity index (χ2v) is 9.78. The third-order valence-electron chi connectivity index (χ3n) is 4.26. The topological polar surface area (TPSA) is 92.8 Å². The van der Waals surface area contributed by atoms with Crippen LogP contribution in [0.1, 0.15) is 26.3 Å². The summed E-state index contributed by atoms with van der Waals surface area (Å²) in [5.41, 5.74) is 0.214. The van der Waals surface area contributed by atoms with Gasteiger partial charge in [-0.2, -0.15) is 4.31 Å². The smallest absolute Gasteiger partial charge is 0.262 e. The molecule has 1 N–H and O–H groups in total. The van der Waals surface area contributed by atoms with Gasteiger partial charge in [0, 0.05) is 13.1 Å². The van der Waals surface area contributed by atoms with Crippen LogP contribution in [0.5, 0.6) is 5.75 Å². The first-order valence-corrected chi connectivity index (χ1v) is 12.0. The Labute approximate surface area is 171 Å². The van der Waals surface area contributed by atoms with Crippen molar-refractivity contribution >= 4 is 25.7 Å². The number of sulfonamides is 2. The Bertz CT molecular complexity index is 1080. The molecule has 0 saturated heterocycles. The summed E-state index contributed by atoms with van der Waals surface area (Å²) in [5.74, 6) is -0.363. The molecule has 10 heteroatoms. The number of halogens is 1. The molecule has 0 aromatic heterocycles. The number of rotatable bonds is 9. The van der Waals surface area contributed by atoms with Gasteiger partial charge in [0.2, 0.25) is 10.0 Å². The van der Waals surface area contributed by atoms with Crippen molar-refractivity contribution in [2.75, 3.05) is 24.4 Å². The summed E-state index contributed by atoms with van der Waals surface area (Å²) in [5, 5.41) is 0. The molecule has 0 fully saturated rings. The molecule has 0 aliphatic carbocycles. The molecule has 0 saturated carbocycles. The first-order valence-electron chi connectivity index (χ1n) is 9.12. The lowest BCUT2D eigenvalue weighted by molar-refractivity contribution is 0.341. The molecule has 29 heavy (non-hydrogen) atoms. The average Bonchev–Trinajstić information content (AvgIpc) is 2.63. The molecule has 0 atom stereocenters. The summed E-state index contributed by atoms with van der Waals surface area (Å²) < 4.78 is 73.8. The number of nitrogens with zero attached hydrogens (tertiary/aromatic N) is 1. The summed E-state index contributed by atoms with van der Waals surface area (Å²) in [6.45, 7) is 7.45. The van der Waals surface area contributed by atoms with E-state index in [1.165, 1.54) is 29.4 Å². The van der Waals surface area contributed by atoms with Crippen LogP contribution in [0.15, 0.2) is 46.2 Å². The Morgan fingerprint density at radius 2 is 1.66 bits per heavy atom. The van der Waals surface area contributed by atoms with E-state index in [0.29, 0.717) is 0 Å². The first kappa shape index (κ1) is 23.1. The number of aryl methyl sites for hydroxylation is 1. The molecule has 0 aliphatic heterocycles. The highest BCUT2D eigenvalue weighted by Crippen LogP contribution is 2.31. The maximum atomic E-state index is 13.3. The summed E-state index contributed by atoms with van der Waals surface area (Å²) in [7, 11) is -7.90. The summed E-state index contributed by atoms with van der Waals surface area (Å²) in [6.07, 6.45) is 0. The fourth-order valence-corrected chi connectivity index (χ4v) is 5.63. The van der Waals surface area contributed by atoms with E-state index in [2.05, 4.69) is 4.72 Å². The molecule has 0 unspecified atom stereocenters. The molecule has 2 aromatic rings. The summed E-state index contributed by atoms with van der Waals surface area (Å²) >= 11 is 0. The van der Waals surface area contributed by atoms with Crippen LogP contribution in [-0.2, 0) is 20.0 Å². The van der Waals surface area contributed by atoms with E-state index in [-0.39, 0.29) is 46.5 Å². The van der Waals surface area contributed by atoms with E-state index >= 15 is 0 Å². The third-order valence-corrected chi connectivity index (χ3v) is 7.84. The second-order valence-electron chi connectivity index (χ2n) is 6.20. The standard InChI is InChI=1S/C19H25FN2O5S2/c1-5-22(6-2)29(25,26)16-9-10-18(27-7-3)17(13-16)21-28(23,24)19-11-8-15(20)12-14(19)4/h8-13,21H,5-7H2,1-4H3. The van der Waals surface area contributed by atoms with Crippen molar-refractivity contribution in [3.05, 3.63) is 47.8 Å². The predicted octanol–water partition coefficient (Wildman–Crippen LogP) is 3.36. The van der Waals surface area contributed by atoms with Gasteiger partial charge in [0.15, 0.2) is 0 Å². The van der Waals surface area contributed by atoms with Crippen LogP contribution >= 0.6 is 0 Å². The number of ether oxygens (including phenoxy) is 1. The van der Waals surface area contributed by atoms with E-state index < -0.39 is 25.9 Å². The molecule has 160 valence electrons. The van der Waals surface area contributed by atoms with Gasteiger partial charge in [-0.15, -0.1) is 0 Å². The van der Waals surface area contributed by atoms with Crippen LogP contribution in [-0.4, -0.2) is 40.8 Å². The second kappa shape index (κ2) is 9.10. The van der Waals surface area contributed by atoms with Crippen LogP contribution in [0.4, 0.5) is 10.1 Å². The van der Waals surface area contributed by atoms with Crippen LogP contribution in [0, 0.1) is 12.7 Å². The maximum absolute atomic E-state index is 13.3. The fourth-order valence-electron chi connectivity index (χ4n) is 2.86. The quantitative estimate of drug-likeness (QED) is 0.640.